The standard InChI is InChI=1S/C14H10N4O2S/c1-21(19,20)10-3-5-11-13(6-10)18-14(17-11)12-4-2-9(7-15)8-16-12/h2-6,8H,1H3,(H,17,18). The molecular weight excluding hydrogens is 288 g/mol. The molecule has 2 aromatic heterocycles. The molecule has 3 rings (SSSR count). The molecular formula is C14H10N4O2S. The minimum Gasteiger partial charge on any atom is -0.337 e. The summed E-state index contributed by atoms with van der Waals surface area (Å²) < 4.78 is 23.1. The van der Waals surface area contributed by atoms with Gasteiger partial charge in [0.15, 0.2) is 15.7 Å². The molecule has 0 amide bonds. The molecule has 21 heavy (non-hydrogen) atoms. The zero-order valence-corrected chi connectivity index (χ0v) is 11.8. The fraction of sp³-hybridized carbons (Fsp3) is 0.0714. The lowest BCUT2D eigenvalue weighted by Gasteiger charge is -1.96. The molecule has 1 aromatic carbocycles. The van der Waals surface area contributed by atoms with E-state index in [0.29, 0.717) is 28.1 Å². The van der Waals surface area contributed by atoms with Gasteiger partial charge in [-0.3, -0.25) is 4.98 Å². The Balaban J connectivity index is 2.10. The molecule has 0 saturated carbocycles. The SMILES string of the molecule is CS(=O)(=O)c1ccc2nc(-c3ccc(C#N)cn3)[nH]c2c1. The lowest BCUT2D eigenvalue weighted by Crippen LogP contribution is -1.96. The van der Waals surface area contributed by atoms with Crippen molar-refractivity contribution in [2.45, 2.75) is 4.90 Å². The number of nitriles is 1. The van der Waals surface area contributed by atoms with Crippen molar-refractivity contribution in [1.29, 1.82) is 5.26 Å². The summed E-state index contributed by atoms with van der Waals surface area (Å²) in [6.45, 7) is 0. The number of nitrogens with zero attached hydrogens (tertiary/aromatic N) is 3. The number of pyridine rings is 1. The number of aromatic nitrogens is 3. The van der Waals surface area contributed by atoms with E-state index in [0.717, 1.165) is 6.26 Å². The van der Waals surface area contributed by atoms with Crippen LogP contribution in [0.5, 0.6) is 0 Å². The molecule has 1 N–H and O–H groups in total. The number of benzene rings is 1. The van der Waals surface area contributed by atoms with Crippen molar-refractivity contribution < 1.29 is 8.42 Å². The summed E-state index contributed by atoms with van der Waals surface area (Å²) in [5, 5.41) is 8.75. The van der Waals surface area contributed by atoms with Crippen molar-refractivity contribution in [2.75, 3.05) is 6.26 Å². The molecule has 104 valence electrons. The number of aromatic amines is 1. The van der Waals surface area contributed by atoms with Crippen molar-refractivity contribution in [3.63, 3.8) is 0 Å². The number of rotatable bonds is 2. The van der Waals surface area contributed by atoms with Gasteiger partial charge >= 0.3 is 0 Å². The molecule has 0 spiro atoms. The van der Waals surface area contributed by atoms with Gasteiger partial charge in [0.05, 0.1) is 21.5 Å². The number of imidazole rings is 1. The Labute approximate surface area is 121 Å². The summed E-state index contributed by atoms with van der Waals surface area (Å²) in [5.74, 6) is 0.528. The van der Waals surface area contributed by atoms with Gasteiger partial charge in [-0.2, -0.15) is 5.26 Å². The lowest BCUT2D eigenvalue weighted by atomic mass is 10.2. The van der Waals surface area contributed by atoms with Crippen LogP contribution >= 0.6 is 0 Å². The van der Waals surface area contributed by atoms with Gasteiger partial charge in [-0.25, -0.2) is 13.4 Å². The van der Waals surface area contributed by atoms with Crippen molar-refractivity contribution in [2.24, 2.45) is 0 Å². The molecule has 0 unspecified atom stereocenters. The van der Waals surface area contributed by atoms with Gasteiger partial charge in [0, 0.05) is 12.5 Å². The minimum absolute atomic E-state index is 0.234. The monoisotopic (exact) mass is 298 g/mol. The summed E-state index contributed by atoms with van der Waals surface area (Å²) in [7, 11) is -3.26. The number of nitrogens with one attached hydrogen (secondary N) is 1. The molecule has 2 heterocycles. The number of fused-ring (bicyclic) bond motifs is 1. The first-order valence-electron chi connectivity index (χ1n) is 6.04. The molecule has 0 radical (unpaired) electrons. The first-order valence-corrected chi connectivity index (χ1v) is 7.93. The summed E-state index contributed by atoms with van der Waals surface area (Å²) in [4.78, 5) is 11.8. The smallest absolute Gasteiger partial charge is 0.175 e. The molecule has 0 bridgehead atoms. The highest BCUT2D eigenvalue weighted by atomic mass is 32.2. The number of H-pyrrole nitrogens is 1. The first kappa shape index (κ1) is 13.3. The Morgan fingerprint density at radius 1 is 1.24 bits per heavy atom. The first-order chi connectivity index (χ1) is 9.97. The highest BCUT2D eigenvalue weighted by molar-refractivity contribution is 7.90. The largest absolute Gasteiger partial charge is 0.337 e. The van der Waals surface area contributed by atoms with Crippen LogP contribution < -0.4 is 0 Å². The predicted molar refractivity (Wildman–Crippen MR) is 77.1 cm³/mol. The van der Waals surface area contributed by atoms with Gasteiger partial charge < -0.3 is 4.98 Å². The topological polar surface area (TPSA) is 99.5 Å². The molecule has 0 aliphatic heterocycles. The van der Waals surface area contributed by atoms with E-state index < -0.39 is 9.84 Å². The van der Waals surface area contributed by atoms with E-state index in [9.17, 15) is 8.42 Å². The van der Waals surface area contributed by atoms with Crippen LogP contribution in [0.1, 0.15) is 5.56 Å². The molecule has 0 aliphatic carbocycles. The normalized spacial score (nSPS) is 11.4. The third-order valence-corrected chi connectivity index (χ3v) is 4.13. The Kier molecular flexibility index (Phi) is 2.96. The summed E-state index contributed by atoms with van der Waals surface area (Å²) in [5.41, 5.74) is 2.34. The number of hydrogen-bond acceptors (Lipinski definition) is 5. The third kappa shape index (κ3) is 2.49. The molecule has 0 saturated heterocycles. The maximum atomic E-state index is 11.5. The highest BCUT2D eigenvalue weighted by Crippen LogP contribution is 2.21. The van der Waals surface area contributed by atoms with Crippen molar-refractivity contribution in [3.8, 4) is 17.6 Å². The van der Waals surface area contributed by atoms with Crippen LogP contribution in [0.3, 0.4) is 0 Å². The van der Waals surface area contributed by atoms with Gasteiger partial charge in [0.2, 0.25) is 0 Å². The third-order valence-electron chi connectivity index (χ3n) is 3.02. The van der Waals surface area contributed by atoms with E-state index in [2.05, 4.69) is 15.0 Å². The summed E-state index contributed by atoms with van der Waals surface area (Å²) in [6, 6.07) is 10.1. The maximum absolute atomic E-state index is 11.5. The van der Waals surface area contributed by atoms with Crippen molar-refractivity contribution >= 4 is 20.9 Å². The molecule has 7 heteroatoms. The molecule has 0 fully saturated rings. The predicted octanol–water partition coefficient (Wildman–Crippen LogP) is 1.90. The lowest BCUT2D eigenvalue weighted by molar-refractivity contribution is 0.602. The Morgan fingerprint density at radius 3 is 2.67 bits per heavy atom. The van der Waals surface area contributed by atoms with E-state index >= 15 is 0 Å². The van der Waals surface area contributed by atoms with Gasteiger partial charge in [0.25, 0.3) is 0 Å². The average molecular weight is 298 g/mol. The van der Waals surface area contributed by atoms with Crippen LogP contribution in [-0.4, -0.2) is 29.6 Å². The zero-order chi connectivity index (χ0) is 15.0. The Bertz CT molecular complexity index is 966. The fourth-order valence-electron chi connectivity index (χ4n) is 1.94. The second kappa shape index (κ2) is 4.68. The second-order valence-corrected chi connectivity index (χ2v) is 6.60. The minimum atomic E-state index is -3.26. The maximum Gasteiger partial charge on any atom is 0.175 e. The van der Waals surface area contributed by atoms with Gasteiger partial charge in [-0.05, 0) is 30.3 Å². The average Bonchev–Trinajstić information content (AvgIpc) is 2.89. The van der Waals surface area contributed by atoms with E-state index in [1.165, 1.54) is 12.3 Å². The van der Waals surface area contributed by atoms with Gasteiger partial charge in [0.1, 0.15) is 11.8 Å². The number of sulfone groups is 1. The Hall–Kier alpha value is -2.72. The molecule has 0 atom stereocenters. The van der Waals surface area contributed by atoms with Crippen molar-refractivity contribution in [1.82, 2.24) is 15.0 Å². The van der Waals surface area contributed by atoms with Crippen LogP contribution in [0.15, 0.2) is 41.4 Å². The fourth-order valence-corrected chi connectivity index (χ4v) is 2.59. The second-order valence-electron chi connectivity index (χ2n) is 4.58. The molecule has 0 aliphatic rings. The quantitative estimate of drug-likeness (QED) is 0.779. The van der Waals surface area contributed by atoms with Crippen LogP contribution in [0, 0.1) is 11.3 Å². The van der Waals surface area contributed by atoms with Gasteiger partial charge in [-0.1, -0.05) is 0 Å². The molecule has 6 nitrogen and oxygen atoms in total. The Morgan fingerprint density at radius 2 is 2.05 bits per heavy atom. The summed E-state index contributed by atoms with van der Waals surface area (Å²) >= 11 is 0. The molecule has 3 aromatic rings. The highest BCUT2D eigenvalue weighted by Gasteiger charge is 2.11. The van der Waals surface area contributed by atoms with E-state index in [1.807, 2.05) is 6.07 Å². The zero-order valence-electron chi connectivity index (χ0n) is 11.0. The summed E-state index contributed by atoms with van der Waals surface area (Å²) in [6.07, 6.45) is 2.62. The van der Waals surface area contributed by atoms with Crippen LogP contribution in [0.4, 0.5) is 0 Å². The van der Waals surface area contributed by atoms with Crippen LogP contribution in [0.25, 0.3) is 22.6 Å². The van der Waals surface area contributed by atoms with Gasteiger partial charge in [-0.15, -0.1) is 0 Å². The van der Waals surface area contributed by atoms with Crippen molar-refractivity contribution in [3.05, 3.63) is 42.1 Å². The van der Waals surface area contributed by atoms with Crippen LogP contribution in [0.2, 0.25) is 0 Å². The van der Waals surface area contributed by atoms with E-state index in [1.54, 1.807) is 24.3 Å². The van der Waals surface area contributed by atoms with E-state index in [4.69, 9.17) is 5.26 Å². The van der Waals surface area contributed by atoms with E-state index in [-0.39, 0.29) is 4.90 Å². The van der Waals surface area contributed by atoms with Crippen LogP contribution in [-0.2, 0) is 9.84 Å². The number of hydrogen-bond donors (Lipinski definition) is 1.